The van der Waals surface area contributed by atoms with Crippen LogP contribution in [0.1, 0.15) is 65.7 Å². The van der Waals surface area contributed by atoms with E-state index in [1.807, 2.05) is 0 Å². The molecule has 1 rings (SSSR count). The van der Waals surface area contributed by atoms with Crippen molar-refractivity contribution in [1.82, 2.24) is 0 Å². The molecule has 0 aromatic rings. The van der Waals surface area contributed by atoms with Crippen LogP contribution < -0.4 is 0 Å². The molecule has 0 spiro atoms. The molecule has 2 heteroatoms. The van der Waals surface area contributed by atoms with Gasteiger partial charge in [0.25, 0.3) is 0 Å². The normalized spacial score (nSPS) is 24.3. The third-order valence-corrected chi connectivity index (χ3v) is 3.43. The molecule has 94 valence electrons. The second kappa shape index (κ2) is 6.39. The van der Waals surface area contributed by atoms with Gasteiger partial charge in [-0.05, 0) is 33.1 Å². The number of ether oxygens (including phenoxy) is 1. The Labute approximate surface area is 99.8 Å². The Morgan fingerprint density at radius 3 is 2.69 bits per heavy atom. The minimum Gasteiger partial charge on any atom is -0.376 e. The summed E-state index contributed by atoms with van der Waals surface area (Å²) in [7, 11) is 0. The fourth-order valence-electron chi connectivity index (χ4n) is 2.44. The topological polar surface area (TPSA) is 26.3 Å². The smallest absolute Gasteiger partial charge is 0.136 e. The van der Waals surface area contributed by atoms with E-state index in [0.29, 0.717) is 5.78 Å². The van der Waals surface area contributed by atoms with Crippen molar-refractivity contribution in [2.45, 2.75) is 71.3 Å². The van der Waals surface area contributed by atoms with E-state index in [1.165, 1.54) is 19.3 Å². The van der Waals surface area contributed by atoms with Crippen LogP contribution in [-0.4, -0.2) is 18.0 Å². The van der Waals surface area contributed by atoms with Crippen molar-refractivity contribution in [2.75, 3.05) is 6.61 Å². The van der Waals surface area contributed by atoms with Gasteiger partial charge in [0.2, 0.25) is 0 Å². The van der Waals surface area contributed by atoms with Gasteiger partial charge < -0.3 is 4.74 Å². The van der Waals surface area contributed by atoms with Gasteiger partial charge in [0.15, 0.2) is 0 Å². The number of Topliss-reactive ketones (excluding diaryl/α,β-unsaturated/α-hetero) is 1. The van der Waals surface area contributed by atoms with Gasteiger partial charge in [-0.3, -0.25) is 4.79 Å². The number of unbranched alkanes of at least 4 members (excludes halogenated alkanes) is 3. The van der Waals surface area contributed by atoms with Gasteiger partial charge in [-0.1, -0.05) is 26.2 Å². The summed E-state index contributed by atoms with van der Waals surface area (Å²) in [6.45, 7) is 7.12. The number of hydrogen-bond acceptors (Lipinski definition) is 2. The maximum Gasteiger partial charge on any atom is 0.136 e. The standard InChI is InChI=1S/C14H26O2/c1-4-5-6-7-8-13(15)12-9-10-16-14(2,3)11-12/h12H,4-11H2,1-3H3/t12-/m1/s1. The van der Waals surface area contributed by atoms with Crippen LogP contribution in [0.2, 0.25) is 0 Å². The molecule has 1 aliphatic heterocycles. The molecule has 1 atom stereocenters. The first-order valence-electron chi connectivity index (χ1n) is 6.72. The Morgan fingerprint density at radius 1 is 1.31 bits per heavy atom. The molecule has 0 aromatic heterocycles. The largest absolute Gasteiger partial charge is 0.376 e. The van der Waals surface area contributed by atoms with Crippen molar-refractivity contribution >= 4 is 5.78 Å². The van der Waals surface area contributed by atoms with Crippen molar-refractivity contribution in [3.63, 3.8) is 0 Å². The Balaban J connectivity index is 2.25. The van der Waals surface area contributed by atoms with Gasteiger partial charge in [0, 0.05) is 18.9 Å². The first kappa shape index (κ1) is 13.7. The molecule has 0 aromatic carbocycles. The Hall–Kier alpha value is -0.370. The lowest BCUT2D eigenvalue weighted by Gasteiger charge is -2.34. The maximum absolute atomic E-state index is 12.0. The molecule has 0 amide bonds. The summed E-state index contributed by atoms with van der Waals surface area (Å²) < 4.78 is 5.64. The van der Waals surface area contributed by atoms with Crippen LogP contribution in [0.4, 0.5) is 0 Å². The highest BCUT2D eigenvalue weighted by Crippen LogP contribution is 2.30. The molecule has 0 saturated carbocycles. The van der Waals surface area contributed by atoms with Gasteiger partial charge in [0.05, 0.1) is 5.60 Å². The van der Waals surface area contributed by atoms with Crippen LogP contribution in [0, 0.1) is 5.92 Å². The average molecular weight is 226 g/mol. The van der Waals surface area contributed by atoms with Gasteiger partial charge >= 0.3 is 0 Å². The number of carbonyl (C=O) groups is 1. The quantitative estimate of drug-likeness (QED) is 0.645. The molecular formula is C14H26O2. The van der Waals surface area contributed by atoms with E-state index in [9.17, 15) is 4.79 Å². The number of hydrogen-bond donors (Lipinski definition) is 0. The van der Waals surface area contributed by atoms with E-state index in [0.717, 1.165) is 32.3 Å². The zero-order valence-corrected chi connectivity index (χ0v) is 11.1. The highest BCUT2D eigenvalue weighted by molar-refractivity contribution is 5.81. The summed E-state index contributed by atoms with van der Waals surface area (Å²) >= 11 is 0. The Morgan fingerprint density at radius 2 is 2.06 bits per heavy atom. The summed E-state index contributed by atoms with van der Waals surface area (Å²) in [5.41, 5.74) is -0.0952. The SMILES string of the molecule is CCCCCCC(=O)[C@@H]1CCOC(C)(C)C1. The summed E-state index contributed by atoms with van der Waals surface area (Å²) in [5.74, 6) is 0.720. The molecule has 16 heavy (non-hydrogen) atoms. The van der Waals surface area contributed by atoms with Gasteiger partial charge in [-0.15, -0.1) is 0 Å². The lowest BCUT2D eigenvalue weighted by Crippen LogP contribution is -2.37. The van der Waals surface area contributed by atoms with Crippen molar-refractivity contribution in [1.29, 1.82) is 0 Å². The summed E-state index contributed by atoms with van der Waals surface area (Å²) in [5, 5.41) is 0. The first-order chi connectivity index (χ1) is 7.55. The van der Waals surface area contributed by atoms with E-state index in [2.05, 4.69) is 20.8 Å². The molecule has 1 saturated heterocycles. The van der Waals surface area contributed by atoms with E-state index in [-0.39, 0.29) is 11.5 Å². The minimum atomic E-state index is -0.0952. The molecule has 0 unspecified atom stereocenters. The Kier molecular flexibility index (Phi) is 5.47. The van der Waals surface area contributed by atoms with Crippen LogP contribution >= 0.6 is 0 Å². The zero-order chi connectivity index (χ0) is 12.0. The lowest BCUT2D eigenvalue weighted by molar-refractivity contribution is -0.133. The molecule has 1 heterocycles. The molecular weight excluding hydrogens is 200 g/mol. The molecule has 0 N–H and O–H groups in total. The molecule has 1 fully saturated rings. The first-order valence-corrected chi connectivity index (χ1v) is 6.72. The second-order valence-corrected chi connectivity index (χ2v) is 5.57. The monoisotopic (exact) mass is 226 g/mol. The third kappa shape index (κ3) is 4.65. The number of carbonyl (C=O) groups excluding carboxylic acids is 1. The molecule has 2 nitrogen and oxygen atoms in total. The summed E-state index contributed by atoms with van der Waals surface area (Å²) in [4.78, 5) is 12.0. The van der Waals surface area contributed by atoms with Crippen molar-refractivity contribution in [2.24, 2.45) is 5.92 Å². The molecule has 0 bridgehead atoms. The van der Waals surface area contributed by atoms with Crippen LogP contribution in [-0.2, 0) is 9.53 Å². The zero-order valence-electron chi connectivity index (χ0n) is 11.1. The predicted molar refractivity (Wildman–Crippen MR) is 66.5 cm³/mol. The summed E-state index contributed by atoms with van der Waals surface area (Å²) in [6, 6.07) is 0. The van der Waals surface area contributed by atoms with Gasteiger partial charge in [-0.25, -0.2) is 0 Å². The highest BCUT2D eigenvalue weighted by Gasteiger charge is 2.32. The minimum absolute atomic E-state index is 0.0952. The second-order valence-electron chi connectivity index (χ2n) is 5.57. The maximum atomic E-state index is 12.0. The summed E-state index contributed by atoms with van der Waals surface area (Å²) in [6.07, 6.45) is 7.38. The predicted octanol–water partition coefficient (Wildman–Crippen LogP) is 3.73. The van der Waals surface area contributed by atoms with Crippen LogP contribution in [0.25, 0.3) is 0 Å². The lowest BCUT2D eigenvalue weighted by atomic mass is 9.84. The fraction of sp³-hybridized carbons (Fsp3) is 0.929. The van der Waals surface area contributed by atoms with Crippen molar-refractivity contribution in [3.8, 4) is 0 Å². The fourth-order valence-corrected chi connectivity index (χ4v) is 2.44. The molecule has 1 aliphatic rings. The van der Waals surface area contributed by atoms with E-state index >= 15 is 0 Å². The molecule has 0 aliphatic carbocycles. The van der Waals surface area contributed by atoms with Gasteiger partial charge in [0.1, 0.15) is 5.78 Å². The molecule has 0 radical (unpaired) electrons. The van der Waals surface area contributed by atoms with Gasteiger partial charge in [-0.2, -0.15) is 0 Å². The van der Waals surface area contributed by atoms with Crippen LogP contribution in [0.5, 0.6) is 0 Å². The number of rotatable bonds is 6. The van der Waals surface area contributed by atoms with E-state index in [4.69, 9.17) is 4.74 Å². The van der Waals surface area contributed by atoms with E-state index in [1.54, 1.807) is 0 Å². The van der Waals surface area contributed by atoms with Crippen molar-refractivity contribution in [3.05, 3.63) is 0 Å². The highest BCUT2D eigenvalue weighted by atomic mass is 16.5. The van der Waals surface area contributed by atoms with Crippen LogP contribution in [0.3, 0.4) is 0 Å². The third-order valence-electron chi connectivity index (χ3n) is 3.43. The van der Waals surface area contributed by atoms with Crippen molar-refractivity contribution < 1.29 is 9.53 Å². The van der Waals surface area contributed by atoms with E-state index < -0.39 is 0 Å². The number of ketones is 1. The van der Waals surface area contributed by atoms with Crippen LogP contribution in [0.15, 0.2) is 0 Å². The Bertz CT molecular complexity index is 221. The average Bonchev–Trinajstić information content (AvgIpc) is 2.22.